The Balaban J connectivity index is 1.48. The van der Waals surface area contributed by atoms with Crippen LogP contribution in [0.5, 0.6) is 5.75 Å². The average molecular weight is 896 g/mol. The number of nitrogens with zero attached hydrogens (tertiary/aromatic N) is 2. The number of thiazole rings is 1. The van der Waals surface area contributed by atoms with E-state index in [2.05, 4.69) is 38.5 Å². The topological polar surface area (TPSA) is 96.2 Å². The van der Waals surface area contributed by atoms with Crippen molar-refractivity contribution in [1.82, 2.24) is 4.57 Å². The van der Waals surface area contributed by atoms with Crippen molar-refractivity contribution in [3.8, 4) is 5.75 Å². The van der Waals surface area contributed by atoms with Crippen molar-refractivity contribution >= 4 is 85.3 Å². The van der Waals surface area contributed by atoms with E-state index in [1.807, 2.05) is 85.1 Å². The maximum Gasteiger partial charge on any atom is 0.338 e. The molecule has 0 radical (unpaired) electrons. The lowest BCUT2D eigenvalue weighted by Gasteiger charge is -2.26. The maximum absolute atomic E-state index is 14.5. The third kappa shape index (κ3) is 8.09. The third-order valence-electron chi connectivity index (χ3n) is 7.98. The molecule has 0 saturated heterocycles. The van der Waals surface area contributed by atoms with E-state index in [1.165, 1.54) is 11.3 Å². The van der Waals surface area contributed by atoms with Crippen LogP contribution < -0.4 is 19.6 Å². The molecule has 0 saturated carbocycles. The first-order valence-corrected chi connectivity index (χ1v) is 19.9. The first-order chi connectivity index (χ1) is 24.7. The summed E-state index contributed by atoms with van der Waals surface area (Å²) in [6.07, 6.45) is 3.80. The smallest absolute Gasteiger partial charge is 0.338 e. The second-order valence-corrected chi connectivity index (χ2v) is 15.2. The molecule has 5 aromatic rings. The Labute approximate surface area is 325 Å². The number of halogens is 2. The van der Waals surface area contributed by atoms with Gasteiger partial charge in [-0.25, -0.2) is 14.6 Å². The number of carbonyl (C=O) groups is 2. The molecule has 1 aromatic heterocycles. The van der Waals surface area contributed by atoms with Crippen LogP contribution in [0.25, 0.3) is 11.8 Å². The van der Waals surface area contributed by atoms with Crippen LogP contribution in [0.1, 0.15) is 52.5 Å². The van der Waals surface area contributed by atoms with Crippen LogP contribution in [0, 0.1) is 3.57 Å². The van der Waals surface area contributed by atoms with Crippen LogP contribution in [0.4, 0.5) is 0 Å². The van der Waals surface area contributed by atoms with Gasteiger partial charge in [-0.3, -0.25) is 9.36 Å². The van der Waals surface area contributed by atoms with Gasteiger partial charge in [0.15, 0.2) is 4.80 Å². The summed E-state index contributed by atoms with van der Waals surface area (Å²) < 4.78 is 20.7. The molecule has 0 amide bonds. The van der Waals surface area contributed by atoms with Crippen LogP contribution in [0.2, 0.25) is 0 Å². The molecule has 260 valence electrons. The summed E-state index contributed by atoms with van der Waals surface area (Å²) >= 11 is 8.69. The first kappa shape index (κ1) is 36.8. The van der Waals surface area contributed by atoms with E-state index < -0.39 is 12.0 Å². The minimum Gasteiger partial charge on any atom is -0.487 e. The largest absolute Gasteiger partial charge is 0.487 e. The Kier molecular flexibility index (Phi) is 12.0. The number of ether oxygens (including phenoxy) is 3. The number of rotatable bonds is 11. The summed E-state index contributed by atoms with van der Waals surface area (Å²) in [7, 11) is 0. The SMILES string of the molecule is CCOC(=O)C1=C(c2ccccc2)N=c2s/c(=C\c3cc(Br)cc(I)c3OCc3ccc(C(=O)OCC)cc3)c(=O)n2[C@@H]1c1ccc(SC)cc1. The van der Waals surface area contributed by atoms with Gasteiger partial charge in [-0.15, -0.1) is 11.8 Å². The molecule has 0 spiro atoms. The highest BCUT2D eigenvalue weighted by Gasteiger charge is 2.35. The van der Waals surface area contributed by atoms with E-state index in [4.69, 9.17) is 19.2 Å². The molecule has 1 atom stereocenters. The summed E-state index contributed by atoms with van der Waals surface area (Å²) in [6, 6.07) is 27.5. The number of benzene rings is 4. The van der Waals surface area contributed by atoms with E-state index in [9.17, 15) is 14.4 Å². The van der Waals surface area contributed by atoms with Crippen molar-refractivity contribution in [1.29, 1.82) is 0 Å². The number of esters is 2. The molecular weight excluding hydrogens is 863 g/mol. The molecule has 0 N–H and O–H groups in total. The van der Waals surface area contributed by atoms with E-state index >= 15 is 0 Å². The molecule has 0 fully saturated rings. The van der Waals surface area contributed by atoms with Gasteiger partial charge in [0.05, 0.1) is 44.2 Å². The number of aromatic nitrogens is 1. The van der Waals surface area contributed by atoms with Crippen molar-refractivity contribution in [2.24, 2.45) is 4.99 Å². The molecular formula is C39H32BrIN2O6S2. The zero-order chi connectivity index (χ0) is 36.1. The van der Waals surface area contributed by atoms with E-state index in [1.54, 1.807) is 48.4 Å². The predicted molar refractivity (Wildman–Crippen MR) is 213 cm³/mol. The molecule has 0 unspecified atom stereocenters. The van der Waals surface area contributed by atoms with Crippen LogP contribution in [0.15, 0.2) is 116 Å². The molecule has 0 bridgehead atoms. The van der Waals surface area contributed by atoms with Crippen molar-refractivity contribution in [2.75, 3.05) is 19.5 Å². The minimum atomic E-state index is -0.774. The Morgan fingerprint density at radius 3 is 2.31 bits per heavy atom. The van der Waals surface area contributed by atoms with E-state index in [0.717, 1.165) is 29.6 Å². The molecule has 1 aliphatic heterocycles. The zero-order valence-corrected chi connectivity index (χ0v) is 33.2. The molecule has 0 aliphatic carbocycles. The van der Waals surface area contributed by atoms with Gasteiger partial charge >= 0.3 is 11.9 Å². The normalized spacial score (nSPS) is 14.1. The minimum absolute atomic E-state index is 0.173. The van der Waals surface area contributed by atoms with Crippen molar-refractivity contribution in [3.05, 3.63) is 152 Å². The summed E-state index contributed by atoms with van der Waals surface area (Å²) in [4.78, 5) is 46.9. The number of fused-ring (bicyclic) bond motifs is 1. The maximum atomic E-state index is 14.5. The van der Waals surface area contributed by atoms with Gasteiger partial charge in [0.1, 0.15) is 12.4 Å². The molecule has 4 aromatic carbocycles. The Morgan fingerprint density at radius 1 is 0.961 bits per heavy atom. The standard InChI is InChI=1S/C39H32BrIN2O6S2/c1-4-47-37(45)26-13-11-23(12-14-26)22-49-35-27(19-28(40)21-30(35)41)20-31-36(44)43-34(25-15-17-29(50-3)18-16-25)32(38(46)48-5-2)33(42-39(43)51-31)24-9-7-6-8-10-24/h6-21,34H,4-5,22H2,1-3H3/b31-20-/t34-/m1/s1. The first-order valence-electron chi connectivity index (χ1n) is 16.0. The molecule has 6 rings (SSSR count). The summed E-state index contributed by atoms with van der Waals surface area (Å²) in [5, 5.41) is 0. The van der Waals surface area contributed by atoms with Crippen LogP contribution in [-0.2, 0) is 20.9 Å². The summed E-state index contributed by atoms with van der Waals surface area (Å²) in [5.41, 5.74) is 4.01. The summed E-state index contributed by atoms with van der Waals surface area (Å²) in [5.74, 6) is -0.304. The lowest BCUT2D eigenvalue weighted by atomic mass is 9.93. The fourth-order valence-electron chi connectivity index (χ4n) is 5.63. The average Bonchev–Trinajstić information content (AvgIpc) is 3.45. The second kappa shape index (κ2) is 16.6. The predicted octanol–water partition coefficient (Wildman–Crippen LogP) is 7.78. The van der Waals surface area contributed by atoms with Gasteiger partial charge in [0, 0.05) is 20.5 Å². The third-order valence-corrected chi connectivity index (χ3v) is 11.0. The molecule has 51 heavy (non-hydrogen) atoms. The fourth-order valence-corrected chi connectivity index (χ4v) is 8.74. The highest BCUT2D eigenvalue weighted by Crippen LogP contribution is 2.36. The Hall–Kier alpha value is -3.98. The molecule has 1 aliphatic rings. The van der Waals surface area contributed by atoms with E-state index in [0.29, 0.717) is 44.1 Å². The number of thioether (sulfide) groups is 1. The fraction of sp³-hybridized carbons (Fsp3) is 0.179. The number of hydrogen-bond donors (Lipinski definition) is 0. The van der Waals surface area contributed by atoms with Gasteiger partial charge in [-0.2, -0.15) is 0 Å². The Bertz CT molecular complexity index is 2300. The molecule has 8 nitrogen and oxygen atoms in total. The Morgan fingerprint density at radius 2 is 1.65 bits per heavy atom. The summed E-state index contributed by atoms with van der Waals surface area (Å²) in [6.45, 7) is 4.24. The highest BCUT2D eigenvalue weighted by atomic mass is 127. The van der Waals surface area contributed by atoms with Crippen LogP contribution in [0.3, 0.4) is 0 Å². The quantitative estimate of drug-likeness (QED) is 0.0760. The van der Waals surface area contributed by atoms with Crippen LogP contribution in [-0.4, -0.2) is 36.0 Å². The van der Waals surface area contributed by atoms with Crippen molar-refractivity contribution in [3.63, 3.8) is 0 Å². The van der Waals surface area contributed by atoms with Gasteiger partial charge in [-0.05, 0) is 96.3 Å². The van der Waals surface area contributed by atoms with Gasteiger partial charge in [-0.1, -0.05) is 81.9 Å². The number of carbonyl (C=O) groups excluding carboxylic acids is 2. The second-order valence-electron chi connectivity index (χ2n) is 11.2. The van der Waals surface area contributed by atoms with Gasteiger partial charge < -0.3 is 14.2 Å². The highest BCUT2D eigenvalue weighted by molar-refractivity contribution is 14.1. The molecule has 2 heterocycles. The van der Waals surface area contributed by atoms with Crippen molar-refractivity contribution in [2.45, 2.75) is 31.4 Å². The van der Waals surface area contributed by atoms with Crippen LogP contribution >= 0.6 is 61.6 Å². The van der Waals surface area contributed by atoms with E-state index in [-0.39, 0.29) is 24.7 Å². The van der Waals surface area contributed by atoms with Gasteiger partial charge in [0.2, 0.25) is 0 Å². The van der Waals surface area contributed by atoms with Crippen molar-refractivity contribution < 1.29 is 23.8 Å². The molecule has 12 heteroatoms. The number of hydrogen-bond acceptors (Lipinski definition) is 9. The monoisotopic (exact) mass is 894 g/mol. The zero-order valence-electron chi connectivity index (χ0n) is 27.9. The lowest BCUT2D eigenvalue weighted by Crippen LogP contribution is -2.40. The lowest BCUT2D eigenvalue weighted by molar-refractivity contribution is -0.138. The van der Waals surface area contributed by atoms with Gasteiger partial charge in [0.25, 0.3) is 5.56 Å².